The molecular weight excluding hydrogens is 907 g/mol. The molecule has 0 saturated carbocycles. The van der Waals surface area contributed by atoms with Gasteiger partial charge in [-0.15, -0.1) is 0 Å². The van der Waals surface area contributed by atoms with Crippen molar-refractivity contribution in [2.45, 2.75) is 53.9 Å². The molecule has 13 rings (SSSR count). The summed E-state index contributed by atoms with van der Waals surface area (Å²) in [6.45, 7) is 11.9. The Morgan fingerprint density at radius 1 is 0.250 bits per heavy atom. The lowest BCUT2D eigenvalue weighted by atomic mass is 9.81. The van der Waals surface area contributed by atoms with Crippen molar-refractivity contribution < 1.29 is 26.3 Å². The standard InChI is InChI=1S/C66H44F6/c1-33-19-34(2)22-39(21-33)59-47-13-9-10-14-48(47)60(40-23-35(3)20-36(4)24-40)64-52-18-16-50-54-32-56-55(31-53(54)49-15-17-51(63(59)64)62(52)61(49)50)57(41-25-37(5)27-43(29-41)65(67,68)69)45-11-7-8-12-46(45)58(56)42-26-38(6)28-44(30-42)66(70,71)72/h7-32H,1-6H3. The molecule has 0 atom stereocenters. The van der Waals surface area contributed by atoms with E-state index in [0.717, 1.165) is 78.2 Å². The van der Waals surface area contributed by atoms with Gasteiger partial charge in [0.25, 0.3) is 0 Å². The molecule has 72 heavy (non-hydrogen) atoms. The molecule has 350 valence electrons. The third-order valence-electron chi connectivity index (χ3n) is 15.1. The summed E-state index contributed by atoms with van der Waals surface area (Å²) in [6, 6.07) is 51.0. The lowest BCUT2D eigenvalue weighted by Crippen LogP contribution is -2.06. The van der Waals surface area contributed by atoms with E-state index in [1.165, 1.54) is 56.6 Å². The van der Waals surface area contributed by atoms with Gasteiger partial charge >= 0.3 is 12.4 Å². The van der Waals surface area contributed by atoms with E-state index in [9.17, 15) is 26.3 Å². The molecule has 6 heteroatoms. The maximum absolute atomic E-state index is 14.7. The Bertz CT molecular complexity index is 3930. The van der Waals surface area contributed by atoms with Gasteiger partial charge in [0.05, 0.1) is 11.1 Å². The van der Waals surface area contributed by atoms with Crippen LogP contribution in [0, 0.1) is 41.5 Å². The van der Waals surface area contributed by atoms with Gasteiger partial charge in [-0.05, 0) is 221 Å². The Balaban J connectivity index is 1.17. The zero-order valence-corrected chi connectivity index (χ0v) is 40.3. The topological polar surface area (TPSA) is 0 Å². The van der Waals surface area contributed by atoms with Crippen molar-refractivity contribution in [2.24, 2.45) is 0 Å². The summed E-state index contributed by atoms with van der Waals surface area (Å²) in [6.07, 6.45) is -9.22. The second-order valence-electron chi connectivity index (χ2n) is 20.3. The van der Waals surface area contributed by atoms with Gasteiger partial charge in [-0.2, -0.15) is 26.3 Å². The largest absolute Gasteiger partial charge is 0.416 e. The highest BCUT2D eigenvalue weighted by atomic mass is 19.4. The number of benzene rings is 11. The number of aryl methyl sites for hydroxylation is 6. The van der Waals surface area contributed by atoms with E-state index in [1.54, 1.807) is 26.0 Å². The van der Waals surface area contributed by atoms with Crippen molar-refractivity contribution in [3.8, 4) is 89.0 Å². The summed E-state index contributed by atoms with van der Waals surface area (Å²) >= 11 is 0. The predicted octanol–water partition coefficient (Wildman–Crippen LogP) is 20.2. The van der Waals surface area contributed by atoms with E-state index < -0.39 is 23.5 Å². The quantitative estimate of drug-likeness (QED) is 0.122. The number of hydrogen-bond donors (Lipinski definition) is 0. The van der Waals surface area contributed by atoms with Gasteiger partial charge in [0.15, 0.2) is 0 Å². The molecule has 0 nitrogen and oxygen atoms in total. The fourth-order valence-electron chi connectivity index (χ4n) is 12.6. The monoisotopic (exact) mass is 950 g/mol. The van der Waals surface area contributed by atoms with Crippen LogP contribution in [0.25, 0.3) is 132 Å². The predicted molar refractivity (Wildman–Crippen MR) is 285 cm³/mol. The summed E-state index contributed by atoms with van der Waals surface area (Å²) < 4.78 is 88.1. The van der Waals surface area contributed by atoms with Crippen molar-refractivity contribution in [1.29, 1.82) is 0 Å². The first-order chi connectivity index (χ1) is 34.4. The summed E-state index contributed by atoms with van der Waals surface area (Å²) in [5.74, 6) is 0. The van der Waals surface area contributed by atoms with Crippen molar-refractivity contribution in [3.05, 3.63) is 202 Å². The summed E-state index contributed by atoms with van der Waals surface area (Å²) in [4.78, 5) is 0. The Kier molecular flexibility index (Phi) is 9.34. The van der Waals surface area contributed by atoms with Crippen LogP contribution in [0.15, 0.2) is 158 Å². The summed E-state index contributed by atoms with van der Waals surface area (Å²) in [7, 11) is 0. The van der Waals surface area contributed by atoms with Crippen molar-refractivity contribution >= 4 is 43.1 Å². The Morgan fingerprint density at radius 2 is 0.542 bits per heavy atom. The van der Waals surface area contributed by atoms with Gasteiger partial charge in [-0.1, -0.05) is 144 Å². The van der Waals surface area contributed by atoms with Crippen LogP contribution in [0.3, 0.4) is 0 Å². The van der Waals surface area contributed by atoms with Crippen LogP contribution in [0.2, 0.25) is 0 Å². The molecule has 0 saturated heterocycles. The number of halogens is 6. The molecule has 0 amide bonds. The van der Waals surface area contributed by atoms with Gasteiger partial charge in [0, 0.05) is 0 Å². The maximum atomic E-state index is 14.7. The number of alkyl halides is 6. The molecule has 0 fully saturated rings. The normalized spacial score (nSPS) is 12.7. The van der Waals surface area contributed by atoms with Crippen LogP contribution < -0.4 is 0 Å². The van der Waals surface area contributed by atoms with Crippen LogP contribution in [0.5, 0.6) is 0 Å². The molecule has 11 aromatic rings. The molecule has 0 N–H and O–H groups in total. The van der Waals surface area contributed by atoms with Crippen LogP contribution in [0.1, 0.15) is 44.5 Å². The van der Waals surface area contributed by atoms with Gasteiger partial charge in [-0.25, -0.2) is 0 Å². The molecule has 0 unspecified atom stereocenters. The molecule has 0 heterocycles. The summed E-state index contributed by atoms with van der Waals surface area (Å²) in [5, 5.41) is 7.11. The Labute approximate surface area is 412 Å². The molecule has 0 aromatic heterocycles. The van der Waals surface area contributed by atoms with Crippen molar-refractivity contribution in [2.75, 3.05) is 0 Å². The first kappa shape index (κ1) is 44.0. The van der Waals surface area contributed by atoms with E-state index in [2.05, 4.69) is 125 Å². The molecule has 11 aromatic carbocycles. The van der Waals surface area contributed by atoms with E-state index in [4.69, 9.17) is 0 Å². The van der Waals surface area contributed by atoms with Crippen LogP contribution in [0.4, 0.5) is 26.3 Å². The zero-order valence-electron chi connectivity index (χ0n) is 40.3. The van der Waals surface area contributed by atoms with Gasteiger partial charge in [-0.3, -0.25) is 0 Å². The molecule has 0 radical (unpaired) electrons. The minimum Gasteiger partial charge on any atom is -0.166 e. The third-order valence-corrected chi connectivity index (χ3v) is 15.1. The SMILES string of the molecule is Cc1cc(C)cc(-c2c3c(c(-c4cc(C)cc(C)c4)c4ccccc24)-c2ccc4c5c(ccc-3c25)-c2cc3c(-c5cc(C)cc(C(F)(F)F)c5)c5ccccc5c(-c5cc(C)cc(C(F)(F)F)c5)c3cc2-4)c1. The molecule has 2 aliphatic rings. The van der Waals surface area contributed by atoms with E-state index >= 15 is 0 Å². The number of rotatable bonds is 4. The zero-order chi connectivity index (χ0) is 49.9. The van der Waals surface area contributed by atoms with Gasteiger partial charge in [0.1, 0.15) is 0 Å². The first-order valence-electron chi connectivity index (χ1n) is 24.2. The van der Waals surface area contributed by atoms with Crippen molar-refractivity contribution in [1.82, 2.24) is 0 Å². The average molecular weight is 951 g/mol. The molecule has 0 bridgehead atoms. The Morgan fingerprint density at radius 3 is 0.889 bits per heavy atom. The number of hydrogen-bond acceptors (Lipinski definition) is 0. The number of fused-ring (bicyclic) bond motifs is 9. The average Bonchev–Trinajstić information content (AvgIpc) is 3.81. The minimum atomic E-state index is -4.61. The fourth-order valence-corrected chi connectivity index (χ4v) is 12.6. The lowest BCUT2D eigenvalue weighted by molar-refractivity contribution is -0.138. The highest BCUT2D eigenvalue weighted by Gasteiger charge is 2.37. The first-order valence-corrected chi connectivity index (χ1v) is 24.2. The molecule has 2 aliphatic carbocycles. The van der Waals surface area contributed by atoms with E-state index in [1.807, 2.05) is 24.3 Å². The van der Waals surface area contributed by atoms with E-state index in [-0.39, 0.29) is 0 Å². The molecule has 0 spiro atoms. The molecular formula is C66H44F6. The van der Waals surface area contributed by atoms with Gasteiger partial charge in [0.2, 0.25) is 0 Å². The highest BCUT2D eigenvalue weighted by molar-refractivity contribution is 6.33. The second-order valence-corrected chi connectivity index (χ2v) is 20.3. The van der Waals surface area contributed by atoms with E-state index in [0.29, 0.717) is 54.9 Å². The van der Waals surface area contributed by atoms with Gasteiger partial charge < -0.3 is 0 Å². The third kappa shape index (κ3) is 6.54. The minimum absolute atomic E-state index is 0.381. The van der Waals surface area contributed by atoms with Crippen LogP contribution in [-0.4, -0.2) is 0 Å². The Hall–Kier alpha value is -7.96. The molecule has 0 aliphatic heterocycles. The van der Waals surface area contributed by atoms with Crippen LogP contribution in [-0.2, 0) is 12.4 Å². The smallest absolute Gasteiger partial charge is 0.166 e. The fraction of sp³-hybridized carbons (Fsp3) is 0.121. The van der Waals surface area contributed by atoms with Crippen molar-refractivity contribution in [3.63, 3.8) is 0 Å². The highest BCUT2D eigenvalue weighted by Crippen LogP contribution is 2.62. The second kappa shape index (κ2) is 15.3. The summed E-state index contributed by atoms with van der Waals surface area (Å²) in [5.41, 5.74) is 19.0. The maximum Gasteiger partial charge on any atom is 0.416 e. The van der Waals surface area contributed by atoms with Crippen LogP contribution >= 0.6 is 0 Å². The lowest BCUT2D eigenvalue weighted by Gasteiger charge is -2.21.